The van der Waals surface area contributed by atoms with Gasteiger partial charge in [-0.2, -0.15) is 10.1 Å². The number of amides is 1. The molecule has 2 aromatic carbocycles. The molecule has 1 amide bonds. The minimum absolute atomic E-state index is 0.212. The van der Waals surface area contributed by atoms with Crippen molar-refractivity contribution in [1.82, 2.24) is 30.0 Å². The summed E-state index contributed by atoms with van der Waals surface area (Å²) < 4.78 is 5.66. The van der Waals surface area contributed by atoms with Gasteiger partial charge in [0, 0.05) is 55.7 Å². The molecule has 0 aliphatic carbocycles. The topological polar surface area (TPSA) is 115 Å². The van der Waals surface area contributed by atoms with E-state index >= 15 is 0 Å². The van der Waals surface area contributed by atoms with Crippen LogP contribution in [0.25, 0.3) is 22.3 Å². The third kappa shape index (κ3) is 6.76. The molecule has 0 saturated carbocycles. The van der Waals surface area contributed by atoms with Gasteiger partial charge in [-0.3, -0.25) is 9.89 Å². The summed E-state index contributed by atoms with van der Waals surface area (Å²) in [4.78, 5) is 28.5. The predicted octanol–water partition coefficient (Wildman–Crippen LogP) is 4.23. The number of rotatable bonds is 9. The van der Waals surface area contributed by atoms with Crippen molar-refractivity contribution in [1.29, 1.82) is 0 Å². The van der Waals surface area contributed by atoms with Crippen LogP contribution in [0.3, 0.4) is 0 Å². The lowest BCUT2D eigenvalue weighted by Gasteiger charge is -2.34. The highest BCUT2D eigenvalue weighted by atomic mass is 35.5. The number of fused-ring (bicyclic) bond motifs is 1. The van der Waals surface area contributed by atoms with Crippen molar-refractivity contribution in [3.63, 3.8) is 0 Å². The number of halogens is 1. The van der Waals surface area contributed by atoms with E-state index in [4.69, 9.17) is 21.3 Å². The Labute approximate surface area is 244 Å². The number of anilines is 4. The Kier molecular flexibility index (Phi) is 8.67. The van der Waals surface area contributed by atoms with Gasteiger partial charge in [0.15, 0.2) is 5.65 Å². The zero-order valence-electron chi connectivity index (χ0n) is 23.6. The van der Waals surface area contributed by atoms with E-state index in [-0.39, 0.29) is 5.91 Å². The molecule has 1 aliphatic heterocycles. The molecule has 3 N–H and O–H groups in total. The van der Waals surface area contributed by atoms with Crippen molar-refractivity contribution >= 4 is 51.6 Å². The number of aromatic amines is 1. The number of methoxy groups -OCH3 is 1. The fraction of sp³-hybridized carbons (Fsp3) is 0.310. The summed E-state index contributed by atoms with van der Waals surface area (Å²) >= 11 is 6.47. The van der Waals surface area contributed by atoms with Crippen LogP contribution in [0.2, 0.25) is 5.15 Å². The number of carbonyl (C=O) groups excluding carboxylic acids is 1. The second kappa shape index (κ2) is 12.5. The smallest absolute Gasteiger partial charge is 0.248 e. The molecular formula is C29H34ClN9O2. The van der Waals surface area contributed by atoms with Gasteiger partial charge >= 0.3 is 0 Å². The maximum atomic E-state index is 12.4. The highest BCUT2D eigenvalue weighted by molar-refractivity contribution is 6.35. The van der Waals surface area contributed by atoms with Crippen LogP contribution in [0.1, 0.15) is 0 Å². The molecule has 1 fully saturated rings. The lowest BCUT2D eigenvalue weighted by molar-refractivity contribution is -0.111. The van der Waals surface area contributed by atoms with E-state index in [0.717, 1.165) is 48.9 Å². The van der Waals surface area contributed by atoms with Crippen LogP contribution in [-0.2, 0) is 4.79 Å². The van der Waals surface area contributed by atoms with Crippen LogP contribution in [0.5, 0.6) is 5.75 Å². The van der Waals surface area contributed by atoms with Gasteiger partial charge in [0.05, 0.1) is 23.9 Å². The molecule has 0 radical (unpaired) electrons. The second-order valence-corrected chi connectivity index (χ2v) is 10.5. The van der Waals surface area contributed by atoms with E-state index in [1.165, 1.54) is 6.08 Å². The van der Waals surface area contributed by atoms with E-state index in [1.54, 1.807) is 7.11 Å². The summed E-state index contributed by atoms with van der Waals surface area (Å²) in [6.45, 7) is 4.46. The van der Waals surface area contributed by atoms with Crippen LogP contribution < -0.4 is 20.3 Å². The molecule has 11 nitrogen and oxygen atoms in total. The number of hydrogen-bond donors (Lipinski definition) is 3. The average Bonchev–Trinajstić information content (AvgIpc) is 3.33. The van der Waals surface area contributed by atoms with Gasteiger partial charge in [0.25, 0.3) is 0 Å². The molecule has 4 aromatic rings. The summed E-state index contributed by atoms with van der Waals surface area (Å²) in [5.41, 5.74) is 4.23. The van der Waals surface area contributed by atoms with Crippen LogP contribution in [0.4, 0.5) is 23.0 Å². The van der Waals surface area contributed by atoms with Gasteiger partial charge < -0.3 is 30.1 Å². The summed E-state index contributed by atoms with van der Waals surface area (Å²) in [5.74, 6) is 0.967. The number of nitrogens with one attached hydrogen (secondary N) is 3. The van der Waals surface area contributed by atoms with Gasteiger partial charge in [0.1, 0.15) is 10.9 Å². The molecule has 41 heavy (non-hydrogen) atoms. The van der Waals surface area contributed by atoms with Gasteiger partial charge in [0.2, 0.25) is 11.9 Å². The van der Waals surface area contributed by atoms with Crippen LogP contribution >= 0.6 is 11.6 Å². The normalized spacial score (nSPS) is 14.2. The summed E-state index contributed by atoms with van der Waals surface area (Å²) in [7, 11) is 7.70. The van der Waals surface area contributed by atoms with Gasteiger partial charge in [-0.1, -0.05) is 29.8 Å². The molecule has 1 saturated heterocycles. The van der Waals surface area contributed by atoms with Gasteiger partial charge in [-0.05, 0) is 51.5 Å². The summed E-state index contributed by atoms with van der Waals surface area (Å²) in [6.07, 6.45) is 3.33. The molecule has 12 heteroatoms. The largest absolute Gasteiger partial charge is 0.495 e. The number of ether oxygens (including phenoxy) is 1. The van der Waals surface area contributed by atoms with Crippen LogP contribution in [0.15, 0.2) is 54.6 Å². The van der Waals surface area contributed by atoms with Crippen molar-refractivity contribution < 1.29 is 9.53 Å². The molecule has 0 bridgehead atoms. The Morgan fingerprint density at radius 1 is 1.12 bits per heavy atom. The number of piperazine rings is 1. The molecule has 0 spiro atoms. The van der Waals surface area contributed by atoms with E-state index in [2.05, 4.69) is 48.7 Å². The van der Waals surface area contributed by atoms with Crippen LogP contribution in [0, 0.1) is 0 Å². The number of aromatic nitrogens is 4. The molecular weight excluding hydrogens is 542 g/mol. The first-order chi connectivity index (χ1) is 19.8. The Morgan fingerprint density at radius 2 is 1.93 bits per heavy atom. The summed E-state index contributed by atoms with van der Waals surface area (Å²) in [5, 5.41) is 14.3. The Morgan fingerprint density at radius 3 is 2.68 bits per heavy atom. The Balaban J connectivity index is 1.44. The minimum atomic E-state index is -0.212. The number of carbonyl (C=O) groups is 1. The molecule has 0 unspecified atom stereocenters. The van der Waals surface area contributed by atoms with E-state index in [9.17, 15) is 4.79 Å². The fourth-order valence-electron chi connectivity index (χ4n) is 4.64. The monoisotopic (exact) mass is 575 g/mol. The first-order valence-corrected chi connectivity index (χ1v) is 13.7. The second-order valence-electron chi connectivity index (χ2n) is 10.2. The Bertz CT molecular complexity index is 1560. The van der Waals surface area contributed by atoms with Gasteiger partial charge in [-0.25, -0.2) is 4.98 Å². The average molecular weight is 576 g/mol. The lowest BCUT2D eigenvalue weighted by atomic mass is 10.1. The zero-order valence-corrected chi connectivity index (χ0v) is 24.4. The van der Waals surface area contributed by atoms with Gasteiger partial charge in [-0.15, -0.1) is 0 Å². The highest BCUT2D eigenvalue weighted by Crippen LogP contribution is 2.35. The zero-order chi connectivity index (χ0) is 28.9. The first kappa shape index (κ1) is 28.3. The maximum absolute atomic E-state index is 12.4. The van der Waals surface area contributed by atoms with Crippen molar-refractivity contribution in [3.8, 4) is 17.0 Å². The van der Waals surface area contributed by atoms with E-state index in [1.807, 2.05) is 61.5 Å². The lowest BCUT2D eigenvalue weighted by Crippen LogP contribution is -2.44. The fourth-order valence-corrected chi connectivity index (χ4v) is 4.86. The minimum Gasteiger partial charge on any atom is -0.495 e. The predicted molar refractivity (Wildman–Crippen MR) is 164 cm³/mol. The standard InChI is InChI=1S/C29H34ClN9O2/c1-37(2)12-6-9-24(40)31-20-8-5-7-19(17-20)26-25-27(30)35-36-28(25)34-29(33-26)32-21-10-11-23(41-4)22(18-21)39-15-13-38(3)14-16-39/h5-11,17-18H,12-16H2,1-4H3,(H,31,40)(H2,32,33,34,35,36)/b9-6+. The summed E-state index contributed by atoms with van der Waals surface area (Å²) in [6, 6.07) is 13.4. The van der Waals surface area contributed by atoms with Crippen molar-refractivity contribution in [2.75, 3.05) is 76.5 Å². The number of benzene rings is 2. The number of hydrogen-bond acceptors (Lipinski definition) is 9. The number of likely N-dealkylation sites (N-methyl/N-ethyl adjacent to an activating group) is 2. The molecule has 5 rings (SSSR count). The molecule has 3 heterocycles. The van der Waals surface area contributed by atoms with Crippen LogP contribution in [-0.4, -0.2) is 96.8 Å². The van der Waals surface area contributed by atoms with E-state index < -0.39 is 0 Å². The third-order valence-electron chi connectivity index (χ3n) is 6.79. The van der Waals surface area contributed by atoms with Crippen molar-refractivity contribution in [3.05, 3.63) is 59.8 Å². The Hall–Kier alpha value is -4.19. The number of H-pyrrole nitrogens is 1. The highest BCUT2D eigenvalue weighted by Gasteiger charge is 2.20. The number of nitrogens with zero attached hydrogens (tertiary/aromatic N) is 6. The van der Waals surface area contributed by atoms with Crippen molar-refractivity contribution in [2.45, 2.75) is 0 Å². The first-order valence-electron chi connectivity index (χ1n) is 13.3. The molecule has 214 valence electrons. The third-order valence-corrected chi connectivity index (χ3v) is 7.07. The molecule has 1 aliphatic rings. The van der Waals surface area contributed by atoms with Crippen molar-refractivity contribution in [2.24, 2.45) is 0 Å². The molecule has 2 aromatic heterocycles. The molecule has 0 atom stereocenters. The quantitative estimate of drug-likeness (QED) is 0.252. The SMILES string of the molecule is COc1ccc(Nc2nc(-c3cccc(NC(=O)/C=C/CN(C)C)c3)c3c(Cl)[nH]nc3n2)cc1N1CCN(C)CC1. The maximum Gasteiger partial charge on any atom is 0.248 e. The van der Waals surface area contributed by atoms with E-state index in [0.29, 0.717) is 40.1 Å².